The molecule has 7 heteroatoms. The number of fused-ring (bicyclic) bond motifs is 1. The lowest BCUT2D eigenvalue weighted by Gasteiger charge is -2.30. The number of thiazole rings is 1. The number of nitrogens with one attached hydrogen (secondary N) is 2. The van der Waals surface area contributed by atoms with Crippen LogP contribution in [0, 0.1) is 0 Å². The maximum absolute atomic E-state index is 12.6. The molecule has 5 rings (SSSR count). The zero-order valence-electron chi connectivity index (χ0n) is 15.5. The van der Waals surface area contributed by atoms with Crippen LogP contribution < -0.4 is 10.6 Å². The third-order valence-corrected chi connectivity index (χ3v) is 6.85. The molecule has 0 fully saturated rings. The molecule has 4 aromatic rings. The largest absolute Gasteiger partial charge is 0.327 e. The van der Waals surface area contributed by atoms with Gasteiger partial charge in [-0.05, 0) is 29.3 Å². The fraction of sp³-hybridized carbons (Fsp3) is 0.0435. The highest BCUT2D eigenvalue weighted by atomic mass is 35.5. The summed E-state index contributed by atoms with van der Waals surface area (Å²) >= 11 is 14.4. The van der Waals surface area contributed by atoms with E-state index in [1.54, 1.807) is 17.4 Å². The van der Waals surface area contributed by atoms with Gasteiger partial charge in [0.15, 0.2) is 0 Å². The zero-order chi connectivity index (χ0) is 20.7. The Labute approximate surface area is 187 Å². The molecule has 0 radical (unpaired) electrons. The molecule has 148 valence electrons. The minimum Gasteiger partial charge on any atom is -0.327 e. The summed E-state index contributed by atoms with van der Waals surface area (Å²) in [7, 11) is 0. The molecular weight excluding hydrogens is 437 g/mol. The van der Waals surface area contributed by atoms with Crippen molar-refractivity contribution in [1.82, 2.24) is 15.6 Å². The first-order chi connectivity index (χ1) is 14.6. The molecule has 0 aliphatic carbocycles. The molecule has 2 heterocycles. The number of carbonyl (C=O) groups is 1. The number of amides is 2. The number of halogens is 2. The van der Waals surface area contributed by atoms with Gasteiger partial charge in [-0.2, -0.15) is 0 Å². The predicted octanol–water partition coefficient (Wildman–Crippen LogP) is 6.53. The molecule has 3 aromatic carbocycles. The van der Waals surface area contributed by atoms with Crippen molar-refractivity contribution in [3.8, 4) is 0 Å². The van der Waals surface area contributed by atoms with Crippen molar-refractivity contribution >= 4 is 62.1 Å². The van der Waals surface area contributed by atoms with Crippen LogP contribution in [0.3, 0.4) is 0 Å². The van der Waals surface area contributed by atoms with Crippen molar-refractivity contribution in [3.63, 3.8) is 0 Å². The smallest absolute Gasteiger partial charge is 0.320 e. The van der Waals surface area contributed by atoms with Crippen LogP contribution in [0.2, 0.25) is 10.0 Å². The molecule has 2 N–H and O–H groups in total. The number of hydrogen-bond donors (Lipinski definition) is 2. The molecule has 0 saturated heterocycles. The first-order valence-electron chi connectivity index (χ1n) is 9.29. The van der Waals surface area contributed by atoms with Gasteiger partial charge in [-0.1, -0.05) is 77.8 Å². The summed E-state index contributed by atoms with van der Waals surface area (Å²) in [5, 5.41) is 7.65. The average molecular weight is 452 g/mol. The van der Waals surface area contributed by atoms with E-state index in [1.165, 1.54) is 0 Å². The summed E-state index contributed by atoms with van der Waals surface area (Å²) in [5.41, 5.74) is 4.09. The molecule has 1 aromatic heterocycles. The van der Waals surface area contributed by atoms with E-state index in [9.17, 15) is 4.79 Å². The fourth-order valence-electron chi connectivity index (χ4n) is 3.59. The second kappa shape index (κ2) is 7.76. The molecule has 0 spiro atoms. The van der Waals surface area contributed by atoms with E-state index in [-0.39, 0.29) is 6.03 Å². The summed E-state index contributed by atoms with van der Waals surface area (Å²) in [6, 6.07) is 22.3. The normalized spacial score (nSPS) is 16.5. The maximum Gasteiger partial charge on any atom is 0.320 e. The number of urea groups is 1. The second-order valence-electron chi connectivity index (χ2n) is 6.82. The van der Waals surface area contributed by atoms with Gasteiger partial charge in [0.25, 0.3) is 0 Å². The number of nitrogens with zero attached hydrogens (tertiary/aromatic N) is 1. The topological polar surface area (TPSA) is 54.0 Å². The minimum absolute atomic E-state index is 0.306. The van der Waals surface area contributed by atoms with Crippen molar-refractivity contribution in [3.05, 3.63) is 99.0 Å². The van der Waals surface area contributed by atoms with E-state index >= 15 is 0 Å². The molecule has 2 amide bonds. The van der Waals surface area contributed by atoms with Gasteiger partial charge in [-0.3, -0.25) is 0 Å². The Bertz CT molecular complexity index is 1270. The van der Waals surface area contributed by atoms with Crippen LogP contribution in [0.15, 0.2) is 72.8 Å². The Morgan fingerprint density at radius 2 is 1.67 bits per heavy atom. The Hall–Kier alpha value is -2.86. The van der Waals surface area contributed by atoms with Gasteiger partial charge in [0, 0.05) is 5.57 Å². The molecule has 1 aliphatic heterocycles. The molecule has 0 bridgehead atoms. The third-order valence-electron chi connectivity index (χ3n) is 4.95. The number of carbonyl (C=O) groups excluding carboxylic acids is 1. The first-order valence-corrected chi connectivity index (χ1v) is 10.9. The quantitative estimate of drug-likeness (QED) is 0.372. The lowest BCUT2D eigenvalue weighted by atomic mass is 9.93. The van der Waals surface area contributed by atoms with Crippen LogP contribution in [0.5, 0.6) is 0 Å². The highest BCUT2D eigenvalue weighted by Crippen LogP contribution is 2.43. The van der Waals surface area contributed by atoms with E-state index in [4.69, 9.17) is 28.2 Å². The minimum atomic E-state index is -0.499. The monoisotopic (exact) mass is 451 g/mol. The second-order valence-corrected chi connectivity index (χ2v) is 8.63. The average Bonchev–Trinajstić information content (AvgIpc) is 3.19. The summed E-state index contributed by atoms with van der Waals surface area (Å²) in [4.78, 5) is 17.5. The third kappa shape index (κ3) is 3.35. The van der Waals surface area contributed by atoms with Gasteiger partial charge in [0.2, 0.25) is 0 Å². The standard InChI is InChI=1S/C23H15Cl2N3OS/c24-15-10-6-9-14(19(15)25)21-18(22-26-16-11-4-5-12-17(16)30-22)20(27-23(29)28-21)13-7-2-1-3-8-13/h1-12,21H,(H2,27,28,29)/t21-/m1/s1. The Kier molecular flexibility index (Phi) is 4.95. The van der Waals surface area contributed by atoms with E-state index in [2.05, 4.69) is 10.6 Å². The molecule has 4 nitrogen and oxygen atoms in total. The van der Waals surface area contributed by atoms with E-state index < -0.39 is 6.04 Å². The molecule has 1 aliphatic rings. The summed E-state index contributed by atoms with van der Waals surface area (Å²) < 4.78 is 1.07. The lowest BCUT2D eigenvalue weighted by Crippen LogP contribution is -2.43. The Balaban J connectivity index is 1.80. The summed E-state index contributed by atoms with van der Waals surface area (Å²) in [6.45, 7) is 0. The Morgan fingerprint density at radius 1 is 0.900 bits per heavy atom. The van der Waals surface area contributed by atoms with E-state index in [0.29, 0.717) is 15.7 Å². The van der Waals surface area contributed by atoms with Crippen molar-refractivity contribution in [2.75, 3.05) is 0 Å². The molecule has 30 heavy (non-hydrogen) atoms. The van der Waals surface area contributed by atoms with Crippen LogP contribution >= 0.6 is 34.5 Å². The van der Waals surface area contributed by atoms with Crippen molar-refractivity contribution in [1.29, 1.82) is 0 Å². The molecule has 0 unspecified atom stereocenters. The van der Waals surface area contributed by atoms with Gasteiger partial charge in [0.05, 0.1) is 32.0 Å². The SMILES string of the molecule is O=C1NC(c2ccccc2)=C(c2nc3ccccc3s2)[C@@H](c2cccc(Cl)c2Cl)N1. The van der Waals surface area contributed by atoms with Crippen LogP contribution in [-0.2, 0) is 0 Å². The predicted molar refractivity (Wildman–Crippen MR) is 124 cm³/mol. The van der Waals surface area contributed by atoms with Gasteiger partial charge >= 0.3 is 6.03 Å². The van der Waals surface area contributed by atoms with E-state index in [1.807, 2.05) is 66.7 Å². The van der Waals surface area contributed by atoms with E-state index in [0.717, 1.165) is 31.9 Å². The number of rotatable bonds is 3. The van der Waals surface area contributed by atoms with Crippen LogP contribution in [0.4, 0.5) is 4.79 Å². The lowest BCUT2D eigenvalue weighted by molar-refractivity contribution is 0.242. The highest BCUT2D eigenvalue weighted by molar-refractivity contribution is 7.19. The highest BCUT2D eigenvalue weighted by Gasteiger charge is 2.33. The number of benzene rings is 3. The van der Waals surface area contributed by atoms with Crippen LogP contribution in [0.25, 0.3) is 21.5 Å². The zero-order valence-corrected chi connectivity index (χ0v) is 17.9. The van der Waals surface area contributed by atoms with Crippen molar-refractivity contribution in [2.45, 2.75) is 6.04 Å². The fourth-order valence-corrected chi connectivity index (χ4v) is 5.06. The number of aromatic nitrogens is 1. The molecular formula is C23H15Cl2N3OS. The molecule has 0 saturated carbocycles. The van der Waals surface area contributed by atoms with Crippen molar-refractivity contribution in [2.24, 2.45) is 0 Å². The first kappa shape index (κ1) is 19.1. The summed E-state index contributed by atoms with van der Waals surface area (Å²) in [5.74, 6) is 0. The van der Waals surface area contributed by atoms with Gasteiger partial charge < -0.3 is 10.6 Å². The van der Waals surface area contributed by atoms with Crippen LogP contribution in [0.1, 0.15) is 22.2 Å². The van der Waals surface area contributed by atoms with Gasteiger partial charge in [-0.15, -0.1) is 11.3 Å². The molecule has 1 atom stereocenters. The van der Waals surface area contributed by atoms with Gasteiger partial charge in [-0.25, -0.2) is 9.78 Å². The number of para-hydroxylation sites is 1. The summed E-state index contributed by atoms with van der Waals surface area (Å²) in [6.07, 6.45) is 0. The van der Waals surface area contributed by atoms with Crippen molar-refractivity contribution < 1.29 is 4.79 Å². The maximum atomic E-state index is 12.6. The van der Waals surface area contributed by atoms with Gasteiger partial charge in [0.1, 0.15) is 5.01 Å². The Morgan fingerprint density at radius 3 is 2.47 bits per heavy atom. The van der Waals surface area contributed by atoms with Crippen LogP contribution in [-0.4, -0.2) is 11.0 Å². The number of hydrogen-bond acceptors (Lipinski definition) is 3.